The van der Waals surface area contributed by atoms with Crippen LogP contribution in [0.1, 0.15) is 98.3 Å². The van der Waals surface area contributed by atoms with Gasteiger partial charge in [0.1, 0.15) is 0 Å². The largest absolute Gasteiger partial charge is 0.397 e. The van der Waals surface area contributed by atoms with Crippen LogP contribution in [0.15, 0.2) is 35.5 Å². The second-order valence-electron chi connectivity index (χ2n) is 11.3. The third-order valence-electron chi connectivity index (χ3n) is 8.59. The van der Waals surface area contributed by atoms with Gasteiger partial charge >= 0.3 is 10.4 Å². The average Bonchev–Trinajstić information content (AvgIpc) is 3.04. The summed E-state index contributed by atoms with van der Waals surface area (Å²) in [5.41, 5.74) is 4.08. The Bertz CT molecular complexity index is 838. The van der Waals surface area contributed by atoms with Crippen LogP contribution in [0.4, 0.5) is 0 Å². The third-order valence-corrected chi connectivity index (χ3v) is 9.11. The summed E-state index contributed by atoms with van der Waals surface area (Å²) in [4.78, 5) is 0. The Morgan fingerprint density at radius 3 is 2.59 bits per heavy atom. The van der Waals surface area contributed by atoms with Crippen molar-refractivity contribution < 1.29 is 17.2 Å². The molecule has 3 aliphatic rings. The maximum Gasteiger partial charge on any atom is 0.397 e. The Hall–Kier alpha value is -0.910. The van der Waals surface area contributed by atoms with Gasteiger partial charge in [-0.1, -0.05) is 76.8 Å². The highest BCUT2D eigenvalue weighted by atomic mass is 32.3. The predicted octanol–water partition coefficient (Wildman–Crippen LogP) is 7.45. The smallest absolute Gasteiger partial charge is 0.264 e. The SMILES string of the molecule is C=C1CC[C@H](OS(=O)(=O)O)C/C1=C/C=C1\CCC[C@]2(C)[C@@H]([C@H](C)CCCC(C)C)CC[C@@H]12. The zero-order valence-electron chi connectivity index (χ0n) is 20.6. The molecular formula is C27H44O4S. The van der Waals surface area contributed by atoms with Crippen LogP contribution in [0.2, 0.25) is 0 Å². The molecule has 3 rings (SSSR count). The van der Waals surface area contributed by atoms with Gasteiger partial charge in [0.15, 0.2) is 0 Å². The molecule has 0 saturated heterocycles. The molecule has 3 fully saturated rings. The summed E-state index contributed by atoms with van der Waals surface area (Å²) < 4.78 is 36.1. The molecule has 0 aromatic heterocycles. The minimum atomic E-state index is -4.42. The van der Waals surface area contributed by atoms with Gasteiger partial charge in [0.25, 0.3) is 0 Å². The number of allylic oxidation sites excluding steroid dienone is 4. The van der Waals surface area contributed by atoms with Crippen molar-refractivity contribution in [3.63, 3.8) is 0 Å². The maximum absolute atomic E-state index is 11.1. The van der Waals surface area contributed by atoms with E-state index < -0.39 is 16.5 Å². The van der Waals surface area contributed by atoms with Crippen LogP contribution in [0.25, 0.3) is 0 Å². The predicted molar refractivity (Wildman–Crippen MR) is 132 cm³/mol. The Morgan fingerprint density at radius 2 is 1.91 bits per heavy atom. The quantitative estimate of drug-likeness (QED) is 0.379. The molecule has 3 saturated carbocycles. The van der Waals surface area contributed by atoms with E-state index in [1.165, 1.54) is 44.9 Å². The van der Waals surface area contributed by atoms with Crippen LogP contribution in [0.5, 0.6) is 0 Å². The van der Waals surface area contributed by atoms with Gasteiger partial charge in [-0.15, -0.1) is 0 Å². The average molecular weight is 465 g/mol. The summed E-state index contributed by atoms with van der Waals surface area (Å²) in [6.07, 6.45) is 16.1. The summed E-state index contributed by atoms with van der Waals surface area (Å²) in [5.74, 6) is 3.06. The van der Waals surface area contributed by atoms with Gasteiger partial charge < -0.3 is 0 Å². The molecule has 0 aliphatic heterocycles. The van der Waals surface area contributed by atoms with Crippen LogP contribution in [-0.4, -0.2) is 19.1 Å². The van der Waals surface area contributed by atoms with E-state index in [0.717, 1.165) is 35.3 Å². The Kier molecular flexibility index (Phi) is 8.49. The molecule has 0 spiro atoms. The van der Waals surface area contributed by atoms with Crippen molar-refractivity contribution in [3.05, 3.63) is 35.5 Å². The Morgan fingerprint density at radius 1 is 1.16 bits per heavy atom. The first-order valence-corrected chi connectivity index (χ1v) is 14.1. The maximum atomic E-state index is 11.1. The van der Waals surface area contributed by atoms with Crippen LogP contribution >= 0.6 is 0 Å². The van der Waals surface area contributed by atoms with Crippen molar-refractivity contribution in [1.29, 1.82) is 0 Å². The number of rotatable bonds is 8. The van der Waals surface area contributed by atoms with Gasteiger partial charge in [0.05, 0.1) is 6.10 Å². The first-order valence-electron chi connectivity index (χ1n) is 12.7. The van der Waals surface area contributed by atoms with Crippen molar-refractivity contribution in [2.24, 2.45) is 29.1 Å². The molecule has 0 aromatic carbocycles. The van der Waals surface area contributed by atoms with Gasteiger partial charge in [-0.25, -0.2) is 4.18 Å². The second kappa shape index (κ2) is 10.6. The fourth-order valence-electron chi connectivity index (χ4n) is 6.90. The lowest BCUT2D eigenvalue weighted by atomic mass is 9.60. The van der Waals surface area contributed by atoms with Crippen molar-refractivity contribution in [3.8, 4) is 0 Å². The zero-order valence-corrected chi connectivity index (χ0v) is 21.4. The van der Waals surface area contributed by atoms with Gasteiger partial charge in [0, 0.05) is 6.42 Å². The van der Waals surface area contributed by atoms with E-state index in [9.17, 15) is 8.42 Å². The van der Waals surface area contributed by atoms with Crippen LogP contribution < -0.4 is 0 Å². The van der Waals surface area contributed by atoms with Crippen LogP contribution in [0.3, 0.4) is 0 Å². The van der Waals surface area contributed by atoms with Crippen LogP contribution in [-0.2, 0) is 14.6 Å². The van der Waals surface area contributed by atoms with Crippen molar-refractivity contribution in [2.75, 3.05) is 0 Å². The summed E-state index contributed by atoms with van der Waals surface area (Å²) in [6.45, 7) is 13.9. The summed E-state index contributed by atoms with van der Waals surface area (Å²) in [6, 6.07) is 0. The molecule has 0 unspecified atom stereocenters. The molecule has 0 bridgehead atoms. The molecule has 1 N–H and O–H groups in total. The highest BCUT2D eigenvalue weighted by Crippen LogP contribution is 2.60. The number of hydrogen-bond acceptors (Lipinski definition) is 3. The first-order chi connectivity index (χ1) is 15.0. The second-order valence-corrected chi connectivity index (χ2v) is 12.4. The van der Waals surface area contributed by atoms with Crippen molar-refractivity contribution >= 4 is 10.4 Å². The van der Waals surface area contributed by atoms with E-state index in [-0.39, 0.29) is 0 Å². The fraction of sp³-hybridized carbons (Fsp3) is 0.778. The van der Waals surface area contributed by atoms with E-state index in [2.05, 4.69) is 46.4 Å². The van der Waals surface area contributed by atoms with Crippen molar-refractivity contribution in [1.82, 2.24) is 0 Å². The summed E-state index contributed by atoms with van der Waals surface area (Å²) in [5, 5.41) is 0. The molecule has 3 aliphatic carbocycles. The fourth-order valence-corrected chi connectivity index (χ4v) is 7.41. The van der Waals surface area contributed by atoms with Gasteiger partial charge in [-0.3, -0.25) is 4.55 Å². The van der Waals surface area contributed by atoms with Gasteiger partial charge in [-0.2, -0.15) is 8.42 Å². The van der Waals surface area contributed by atoms with E-state index in [1.807, 2.05) is 0 Å². The monoisotopic (exact) mass is 464 g/mol. The van der Waals surface area contributed by atoms with Gasteiger partial charge in [-0.05, 0) is 79.6 Å². The molecule has 5 heteroatoms. The summed E-state index contributed by atoms with van der Waals surface area (Å²) >= 11 is 0. The molecule has 182 valence electrons. The number of fused-ring (bicyclic) bond motifs is 1. The lowest BCUT2D eigenvalue weighted by molar-refractivity contribution is 0.0929. The van der Waals surface area contributed by atoms with E-state index in [1.54, 1.807) is 5.57 Å². The van der Waals surface area contributed by atoms with Crippen LogP contribution in [0, 0.1) is 29.1 Å². The lowest BCUT2D eigenvalue weighted by Gasteiger charge is -2.44. The topological polar surface area (TPSA) is 63.6 Å². The van der Waals surface area contributed by atoms with E-state index in [0.29, 0.717) is 30.6 Å². The number of hydrogen-bond donors (Lipinski definition) is 1. The van der Waals surface area contributed by atoms with E-state index in [4.69, 9.17) is 8.74 Å². The normalized spacial score (nSPS) is 34.9. The molecule has 4 nitrogen and oxygen atoms in total. The standard InChI is InChI=1S/C27H44O4S/c1-19(2)8-6-9-21(4)25-15-16-26-22(10-7-17-27(25,26)5)12-13-23-18-24(14-11-20(23)3)31-32(28,29)30/h12-13,19,21,24-26H,3,6-11,14-18H2,1-2,4-5H3,(H,28,29,30)/b22-12+,23-13-/t21-,24+,25-,26+,27-/m1/s1. The Labute approximate surface area is 196 Å². The zero-order chi connectivity index (χ0) is 23.5. The minimum absolute atomic E-state index is 0.403. The summed E-state index contributed by atoms with van der Waals surface area (Å²) in [7, 11) is -4.42. The van der Waals surface area contributed by atoms with Gasteiger partial charge in [0.2, 0.25) is 0 Å². The molecule has 0 aromatic rings. The Balaban J connectivity index is 1.70. The highest BCUT2D eigenvalue weighted by Gasteiger charge is 2.50. The molecular weight excluding hydrogens is 420 g/mol. The highest BCUT2D eigenvalue weighted by molar-refractivity contribution is 7.80. The van der Waals surface area contributed by atoms with E-state index >= 15 is 0 Å². The lowest BCUT2D eigenvalue weighted by Crippen LogP contribution is -2.36. The minimum Gasteiger partial charge on any atom is -0.264 e. The van der Waals surface area contributed by atoms with Crippen molar-refractivity contribution in [2.45, 2.75) is 104 Å². The molecule has 0 heterocycles. The molecule has 0 radical (unpaired) electrons. The first kappa shape index (κ1) is 25.7. The molecule has 0 amide bonds. The molecule has 32 heavy (non-hydrogen) atoms. The third kappa shape index (κ3) is 6.36. The molecule has 5 atom stereocenters.